The van der Waals surface area contributed by atoms with Crippen LogP contribution >= 0.6 is 0 Å². The highest BCUT2D eigenvalue weighted by Gasteiger charge is 2.07. The maximum atomic E-state index is 9.22. The fourth-order valence-corrected chi connectivity index (χ4v) is 1.37. The summed E-state index contributed by atoms with van der Waals surface area (Å²) in [5.41, 5.74) is 1.86. The highest BCUT2D eigenvalue weighted by molar-refractivity contribution is 5.29. The van der Waals surface area contributed by atoms with Crippen LogP contribution in [0, 0.1) is 6.92 Å². The van der Waals surface area contributed by atoms with Crippen LogP contribution in [-0.2, 0) is 6.54 Å². The van der Waals surface area contributed by atoms with E-state index in [4.69, 9.17) is 4.74 Å². The van der Waals surface area contributed by atoms with Gasteiger partial charge < -0.3 is 15.2 Å². The van der Waals surface area contributed by atoms with E-state index < -0.39 is 6.10 Å². The predicted molar refractivity (Wildman–Crippen MR) is 68.1 cm³/mol. The number of hydrogen-bond donors (Lipinski definition) is 2. The molecule has 0 fully saturated rings. The van der Waals surface area contributed by atoms with Gasteiger partial charge in [-0.05, 0) is 26.0 Å². The van der Waals surface area contributed by atoms with Gasteiger partial charge in [-0.25, -0.2) is 0 Å². The number of pyridine rings is 1. The minimum atomic E-state index is -0.470. The van der Waals surface area contributed by atoms with Gasteiger partial charge in [0.1, 0.15) is 12.4 Å². The van der Waals surface area contributed by atoms with Crippen molar-refractivity contribution in [1.82, 2.24) is 10.3 Å². The molecule has 17 heavy (non-hydrogen) atoms. The SMILES string of the molecule is Cc1ccc(OCC(C)O)c(CNC(C)C)n1. The molecule has 1 aromatic heterocycles. The predicted octanol–water partition coefficient (Wildman–Crippen LogP) is 1.65. The van der Waals surface area contributed by atoms with Crippen LogP contribution in [0.4, 0.5) is 0 Å². The minimum Gasteiger partial charge on any atom is -0.489 e. The summed E-state index contributed by atoms with van der Waals surface area (Å²) < 4.78 is 5.53. The summed E-state index contributed by atoms with van der Waals surface area (Å²) in [5.74, 6) is 0.740. The van der Waals surface area contributed by atoms with Gasteiger partial charge >= 0.3 is 0 Å². The van der Waals surface area contributed by atoms with Crippen molar-refractivity contribution >= 4 is 0 Å². The second-order valence-corrected chi connectivity index (χ2v) is 4.59. The molecule has 2 N–H and O–H groups in total. The average molecular weight is 238 g/mol. The Morgan fingerprint density at radius 1 is 1.35 bits per heavy atom. The van der Waals surface area contributed by atoms with Gasteiger partial charge in [-0.1, -0.05) is 13.8 Å². The Bertz CT molecular complexity index is 351. The lowest BCUT2D eigenvalue weighted by Crippen LogP contribution is -2.23. The normalized spacial score (nSPS) is 12.8. The lowest BCUT2D eigenvalue weighted by molar-refractivity contribution is 0.121. The first-order valence-corrected chi connectivity index (χ1v) is 5.99. The Hall–Kier alpha value is -1.13. The van der Waals surface area contributed by atoms with Crippen LogP contribution in [0.2, 0.25) is 0 Å². The van der Waals surface area contributed by atoms with Crippen LogP contribution in [0.1, 0.15) is 32.2 Å². The lowest BCUT2D eigenvalue weighted by Gasteiger charge is -2.14. The van der Waals surface area contributed by atoms with E-state index in [1.54, 1.807) is 6.92 Å². The van der Waals surface area contributed by atoms with Crippen LogP contribution in [0.25, 0.3) is 0 Å². The Morgan fingerprint density at radius 2 is 2.06 bits per heavy atom. The summed E-state index contributed by atoms with van der Waals surface area (Å²) >= 11 is 0. The zero-order chi connectivity index (χ0) is 12.8. The van der Waals surface area contributed by atoms with E-state index in [0.29, 0.717) is 19.2 Å². The topological polar surface area (TPSA) is 54.4 Å². The van der Waals surface area contributed by atoms with Gasteiger partial charge in [0, 0.05) is 18.3 Å². The van der Waals surface area contributed by atoms with E-state index in [9.17, 15) is 5.11 Å². The first-order chi connectivity index (χ1) is 7.99. The Kier molecular flexibility index (Phi) is 5.38. The molecular formula is C13H22N2O2. The van der Waals surface area contributed by atoms with E-state index in [2.05, 4.69) is 24.1 Å². The molecule has 4 nitrogen and oxygen atoms in total. The van der Waals surface area contributed by atoms with Crippen molar-refractivity contribution in [2.75, 3.05) is 6.61 Å². The van der Waals surface area contributed by atoms with Crippen molar-refractivity contribution < 1.29 is 9.84 Å². The Balaban J connectivity index is 2.72. The first-order valence-electron chi connectivity index (χ1n) is 5.99. The number of nitrogens with zero attached hydrogens (tertiary/aromatic N) is 1. The standard InChI is InChI=1S/C13H22N2O2/c1-9(2)14-7-12-13(17-8-11(4)16)6-5-10(3)15-12/h5-6,9,11,14,16H,7-8H2,1-4H3. The highest BCUT2D eigenvalue weighted by Crippen LogP contribution is 2.17. The fraction of sp³-hybridized carbons (Fsp3) is 0.615. The maximum Gasteiger partial charge on any atom is 0.142 e. The zero-order valence-corrected chi connectivity index (χ0v) is 11.0. The third kappa shape index (κ3) is 5.15. The number of aryl methyl sites for hydroxylation is 1. The summed E-state index contributed by atoms with van der Waals surface area (Å²) in [4.78, 5) is 4.45. The smallest absolute Gasteiger partial charge is 0.142 e. The molecule has 0 saturated heterocycles. The molecule has 0 aliphatic rings. The molecule has 0 bridgehead atoms. The second-order valence-electron chi connectivity index (χ2n) is 4.59. The van der Waals surface area contributed by atoms with Crippen molar-refractivity contribution in [2.24, 2.45) is 0 Å². The van der Waals surface area contributed by atoms with Crippen molar-refractivity contribution in [3.63, 3.8) is 0 Å². The molecule has 0 radical (unpaired) electrons. The molecular weight excluding hydrogens is 216 g/mol. The molecule has 1 heterocycles. The molecule has 0 spiro atoms. The summed E-state index contributed by atoms with van der Waals surface area (Å²) in [6.45, 7) is 8.80. The summed E-state index contributed by atoms with van der Waals surface area (Å²) in [7, 11) is 0. The summed E-state index contributed by atoms with van der Waals surface area (Å²) in [6.07, 6.45) is -0.470. The quantitative estimate of drug-likeness (QED) is 0.791. The summed E-state index contributed by atoms with van der Waals surface area (Å²) in [5, 5.41) is 12.5. The fourth-order valence-electron chi connectivity index (χ4n) is 1.37. The van der Waals surface area contributed by atoms with E-state index >= 15 is 0 Å². The molecule has 0 saturated carbocycles. The second kappa shape index (κ2) is 6.57. The maximum absolute atomic E-state index is 9.22. The van der Waals surface area contributed by atoms with E-state index in [1.165, 1.54) is 0 Å². The minimum absolute atomic E-state index is 0.291. The van der Waals surface area contributed by atoms with E-state index in [0.717, 1.165) is 17.1 Å². The number of nitrogens with one attached hydrogen (secondary N) is 1. The molecule has 0 aliphatic heterocycles. The molecule has 4 heteroatoms. The Morgan fingerprint density at radius 3 is 2.65 bits per heavy atom. The van der Waals surface area contributed by atoms with Crippen LogP contribution in [0.3, 0.4) is 0 Å². The van der Waals surface area contributed by atoms with Crippen LogP contribution in [0.5, 0.6) is 5.75 Å². The highest BCUT2D eigenvalue weighted by atomic mass is 16.5. The molecule has 1 unspecified atom stereocenters. The largest absolute Gasteiger partial charge is 0.489 e. The lowest BCUT2D eigenvalue weighted by atomic mass is 10.2. The molecule has 0 aromatic carbocycles. The van der Waals surface area contributed by atoms with Gasteiger partial charge in [0.05, 0.1) is 11.8 Å². The van der Waals surface area contributed by atoms with Crippen molar-refractivity contribution in [2.45, 2.75) is 46.4 Å². The Labute approximate surface area is 103 Å². The number of rotatable bonds is 6. The van der Waals surface area contributed by atoms with Crippen LogP contribution < -0.4 is 10.1 Å². The number of hydrogen-bond acceptors (Lipinski definition) is 4. The third-order valence-electron chi connectivity index (χ3n) is 2.23. The van der Waals surface area contributed by atoms with Crippen molar-refractivity contribution in [3.05, 3.63) is 23.5 Å². The van der Waals surface area contributed by atoms with Crippen molar-refractivity contribution in [1.29, 1.82) is 0 Å². The van der Waals surface area contributed by atoms with Crippen LogP contribution in [-0.4, -0.2) is 28.8 Å². The molecule has 0 amide bonds. The monoisotopic (exact) mass is 238 g/mol. The molecule has 1 aromatic rings. The van der Waals surface area contributed by atoms with Crippen molar-refractivity contribution in [3.8, 4) is 5.75 Å². The third-order valence-corrected chi connectivity index (χ3v) is 2.23. The van der Waals surface area contributed by atoms with Gasteiger partial charge in [-0.2, -0.15) is 0 Å². The molecule has 1 atom stereocenters. The van der Waals surface area contributed by atoms with E-state index in [-0.39, 0.29) is 0 Å². The number of aliphatic hydroxyl groups excluding tert-OH is 1. The number of ether oxygens (including phenoxy) is 1. The van der Waals surface area contributed by atoms with Crippen LogP contribution in [0.15, 0.2) is 12.1 Å². The summed E-state index contributed by atoms with van der Waals surface area (Å²) in [6, 6.07) is 4.22. The van der Waals surface area contributed by atoms with E-state index in [1.807, 2.05) is 19.1 Å². The van der Waals surface area contributed by atoms with Gasteiger partial charge in [0.15, 0.2) is 0 Å². The molecule has 1 rings (SSSR count). The average Bonchev–Trinajstić information content (AvgIpc) is 2.24. The number of aromatic nitrogens is 1. The van der Waals surface area contributed by atoms with Gasteiger partial charge in [0.25, 0.3) is 0 Å². The van der Waals surface area contributed by atoms with Gasteiger partial charge in [-0.3, -0.25) is 4.98 Å². The number of aliphatic hydroxyl groups is 1. The molecule has 96 valence electrons. The molecule has 0 aliphatic carbocycles. The van der Waals surface area contributed by atoms with Gasteiger partial charge in [-0.15, -0.1) is 0 Å². The van der Waals surface area contributed by atoms with Gasteiger partial charge in [0.2, 0.25) is 0 Å². The first kappa shape index (κ1) is 13.9. The zero-order valence-electron chi connectivity index (χ0n) is 11.0.